The normalized spacial score (nSPS) is 10.7. The lowest BCUT2D eigenvalue weighted by molar-refractivity contribution is 0.102. The molecule has 0 atom stereocenters. The van der Waals surface area contributed by atoms with E-state index in [1.165, 1.54) is 0 Å². The molecule has 0 saturated heterocycles. The number of carbonyl (C=O) groups is 1. The summed E-state index contributed by atoms with van der Waals surface area (Å²) < 4.78 is 6.15. The van der Waals surface area contributed by atoms with Gasteiger partial charge in [0, 0.05) is 35.9 Å². The van der Waals surface area contributed by atoms with Crippen LogP contribution in [0.25, 0.3) is 21.9 Å². The summed E-state index contributed by atoms with van der Waals surface area (Å²) in [6.45, 7) is 0.363. The van der Waals surface area contributed by atoms with Crippen molar-refractivity contribution in [1.82, 2.24) is 9.97 Å². The van der Waals surface area contributed by atoms with Gasteiger partial charge in [-0.15, -0.1) is 0 Å². The van der Waals surface area contributed by atoms with Gasteiger partial charge >= 0.3 is 0 Å². The van der Waals surface area contributed by atoms with Crippen molar-refractivity contribution in [2.45, 2.75) is 6.61 Å². The van der Waals surface area contributed by atoms with Crippen molar-refractivity contribution in [3.05, 3.63) is 121 Å². The number of carbonyl (C=O) groups excluding carboxylic acids is 1. The molecule has 5 rings (SSSR count). The molecule has 1 amide bonds. The van der Waals surface area contributed by atoms with Crippen LogP contribution in [0.2, 0.25) is 0 Å². The molecule has 160 valence electrons. The largest absolute Gasteiger partial charge is 0.488 e. The zero-order valence-electron chi connectivity index (χ0n) is 17.8. The highest BCUT2D eigenvalue weighted by Gasteiger charge is 2.15. The Labute approximate surface area is 191 Å². The highest BCUT2D eigenvalue weighted by atomic mass is 16.5. The molecule has 0 unspecified atom stereocenters. The standard InChI is InChI=1S/C28H21N3O2/c32-28(31-25-11-14-29-15-12-25)26-9-8-23(17-27(26)33-19-20-4-2-1-3-5-20)22-7-6-21-10-13-30-18-24(21)16-22/h1-18H,19H2,(H,29,31,32). The Morgan fingerprint density at radius 3 is 2.36 bits per heavy atom. The smallest absolute Gasteiger partial charge is 0.259 e. The first kappa shape index (κ1) is 20.4. The van der Waals surface area contributed by atoms with Crippen LogP contribution in [0, 0.1) is 0 Å². The molecule has 5 nitrogen and oxygen atoms in total. The molecule has 0 aliphatic rings. The second kappa shape index (κ2) is 9.32. The molecule has 0 bridgehead atoms. The van der Waals surface area contributed by atoms with Gasteiger partial charge in [0.1, 0.15) is 12.4 Å². The van der Waals surface area contributed by atoms with Gasteiger partial charge in [-0.1, -0.05) is 48.5 Å². The predicted molar refractivity (Wildman–Crippen MR) is 130 cm³/mol. The average Bonchev–Trinajstić information content (AvgIpc) is 2.88. The summed E-state index contributed by atoms with van der Waals surface area (Å²) in [6, 6.07) is 27.3. The Morgan fingerprint density at radius 2 is 1.52 bits per heavy atom. The summed E-state index contributed by atoms with van der Waals surface area (Å²) >= 11 is 0. The molecule has 0 fully saturated rings. The van der Waals surface area contributed by atoms with Crippen LogP contribution < -0.4 is 10.1 Å². The van der Waals surface area contributed by atoms with E-state index in [0.717, 1.165) is 27.5 Å². The Bertz CT molecular complexity index is 1400. The number of amides is 1. The summed E-state index contributed by atoms with van der Waals surface area (Å²) in [5.41, 5.74) is 4.16. The number of nitrogens with one attached hydrogen (secondary N) is 1. The zero-order valence-corrected chi connectivity index (χ0v) is 17.8. The van der Waals surface area contributed by atoms with Crippen molar-refractivity contribution in [2.24, 2.45) is 0 Å². The number of nitrogens with zero attached hydrogens (tertiary/aromatic N) is 2. The first-order valence-electron chi connectivity index (χ1n) is 10.6. The van der Waals surface area contributed by atoms with Gasteiger partial charge in [0.2, 0.25) is 0 Å². The number of pyridine rings is 2. The van der Waals surface area contributed by atoms with Crippen molar-refractivity contribution in [2.75, 3.05) is 5.32 Å². The summed E-state index contributed by atoms with van der Waals surface area (Å²) in [7, 11) is 0. The van der Waals surface area contributed by atoms with Crippen molar-refractivity contribution in [3.63, 3.8) is 0 Å². The minimum Gasteiger partial charge on any atom is -0.488 e. The van der Waals surface area contributed by atoms with Gasteiger partial charge in [-0.05, 0) is 58.5 Å². The maximum absolute atomic E-state index is 13.0. The molecule has 2 aromatic heterocycles. The molecular weight excluding hydrogens is 410 g/mol. The maximum Gasteiger partial charge on any atom is 0.259 e. The topological polar surface area (TPSA) is 64.1 Å². The average molecular weight is 431 g/mol. The predicted octanol–water partition coefficient (Wildman–Crippen LogP) is 6.13. The molecule has 0 radical (unpaired) electrons. The van der Waals surface area contributed by atoms with E-state index < -0.39 is 0 Å². The quantitative estimate of drug-likeness (QED) is 0.351. The molecule has 33 heavy (non-hydrogen) atoms. The van der Waals surface area contributed by atoms with Crippen molar-refractivity contribution in [1.29, 1.82) is 0 Å². The number of fused-ring (bicyclic) bond motifs is 1. The number of benzene rings is 3. The van der Waals surface area contributed by atoms with E-state index in [1.54, 1.807) is 36.8 Å². The maximum atomic E-state index is 13.0. The van der Waals surface area contributed by atoms with E-state index in [0.29, 0.717) is 23.6 Å². The van der Waals surface area contributed by atoms with E-state index >= 15 is 0 Å². The van der Waals surface area contributed by atoms with E-state index in [9.17, 15) is 4.79 Å². The summed E-state index contributed by atoms with van der Waals surface area (Å²) in [6.07, 6.45) is 6.91. The highest BCUT2D eigenvalue weighted by molar-refractivity contribution is 6.06. The van der Waals surface area contributed by atoms with Crippen LogP contribution in [0.4, 0.5) is 5.69 Å². The number of aromatic nitrogens is 2. The summed E-state index contributed by atoms with van der Waals surface area (Å²) in [5.74, 6) is 0.285. The first-order chi connectivity index (χ1) is 16.3. The number of hydrogen-bond acceptors (Lipinski definition) is 4. The second-order valence-electron chi connectivity index (χ2n) is 7.61. The van der Waals surface area contributed by atoms with E-state index in [-0.39, 0.29) is 5.91 Å². The van der Waals surface area contributed by atoms with Crippen LogP contribution in [-0.2, 0) is 6.61 Å². The third-order valence-electron chi connectivity index (χ3n) is 5.38. The molecule has 0 aliphatic heterocycles. The van der Waals surface area contributed by atoms with Crippen LogP contribution in [-0.4, -0.2) is 15.9 Å². The van der Waals surface area contributed by atoms with Gasteiger partial charge in [-0.2, -0.15) is 0 Å². The monoisotopic (exact) mass is 431 g/mol. The fourth-order valence-corrected chi connectivity index (χ4v) is 3.64. The second-order valence-corrected chi connectivity index (χ2v) is 7.61. The lowest BCUT2D eigenvalue weighted by atomic mass is 10.00. The number of rotatable bonds is 6. The molecular formula is C28H21N3O2. The van der Waals surface area contributed by atoms with Crippen molar-refractivity contribution >= 4 is 22.4 Å². The van der Waals surface area contributed by atoms with Gasteiger partial charge in [0.25, 0.3) is 5.91 Å². The Balaban J connectivity index is 1.49. The lowest BCUT2D eigenvalue weighted by Gasteiger charge is -2.14. The summed E-state index contributed by atoms with van der Waals surface area (Å²) in [5, 5.41) is 5.10. The molecule has 0 spiro atoms. The van der Waals surface area contributed by atoms with Gasteiger partial charge in [-0.3, -0.25) is 14.8 Å². The molecule has 5 heteroatoms. The SMILES string of the molecule is O=C(Nc1ccncc1)c1ccc(-c2ccc3ccncc3c2)cc1OCc1ccccc1. The van der Waals surface area contributed by atoms with Gasteiger partial charge in [0.15, 0.2) is 0 Å². The fourth-order valence-electron chi connectivity index (χ4n) is 3.64. The van der Waals surface area contributed by atoms with E-state index in [1.807, 2.05) is 54.7 Å². The Kier molecular flexibility index (Phi) is 5.76. The zero-order chi connectivity index (χ0) is 22.5. The Morgan fingerprint density at radius 1 is 0.758 bits per heavy atom. The third kappa shape index (κ3) is 4.72. The number of hydrogen-bond donors (Lipinski definition) is 1. The molecule has 1 N–H and O–H groups in total. The van der Waals surface area contributed by atoms with Gasteiger partial charge in [-0.25, -0.2) is 0 Å². The van der Waals surface area contributed by atoms with Crippen LogP contribution in [0.3, 0.4) is 0 Å². The molecule has 2 heterocycles. The Hall–Kier alpha value is -4.51. The first-order valence-corrected chi connectivity index (χ1v) is 10.6. The molecule has 5 aromatic rings. The van der Waals surface area contributed by atoms with Crippen LogP contribution in [0.1, 0.15) is 15.9 Å². The van der Waals surface area contributed by atoms with E-state index in [2.05, 4.69) is 33.5 Å². The molecule has 3 aromatic carbocycles. The number of anilines is 1. The highest BCUT2D eigenvalue weighted by Crippen LogP contribution is 2.30. The minimum absolute atomic E-state index is 0.237. The minimum atomic E-state index is -0.237. The van der Waals surface area contributed by atoms with Crippen molar-refractivity contribution in [3.8, 4) is 16.9 Å². The molecule has 0 saturated carbocycles. The van der Waals surface area contributed by atoms with Gasteiger partial charge in [0.05, 0.1) is 5.56 Å². The lowest BCUT2D eigenvalue weighted by Crippen LogP contribution is -2.14. The third-order valence-corrected chi connectivity index (χ3v) is 5.38. The molecule has 0 aliphatic carbocycles. The van der Waals surface area contributed by atoms with Crippen LogP contribution in [0.15, 0.2) is 110 Å². The van der Waals surface area contributed by atoms with E-state index in [4.69, 9.17) is 4.74 Å². The fraction of sp³-hybridized carbons (Fsp3) is 0.0357. The van der Waals surface area contributed by atoms with Crippen molar-refractivity contribution < 1.29 is 9.53 Å². The van der Waals surface area contributed by atoms with Crippen LogP contribution in [0.5, 0.6) is 5.75 Å². The number of ether oxygens (including phenoxy) is 1. The summed E-state index contributed by atoms with van der Waals surface area (Å²) in [4.78, 5) is 21.3. The van der Waals surface area contributed by atoms with Gasteiger partial charge < -0.3 is 10.1 Å². The van der Waals surface area contributed by atoms with Crippen LogP contribution >= 0.6 is 0 Å².